The lowest BCUT2D eigenvalue weighted by atomic mass is 9.68. The molecule has 1 aliphatic rings. The summed E-state index contributed by atoms with van der Waals surface area (Å²) in [5, 5.41) is 16.1. The number of nitrogens with one attached hydrogen (secondary N) is 3. The number of nitrogens with two attached hydrogens (primary N) is 1. The van der Waals surface area contributed by atoms with E-state index in [0.29, 0.717) is 23.0 Å². The molecule has 1 saturated heterocycles. The zero-order valence-corrected chi connectivity index (χ0v) is 24.6. The third kappa shape index (κ3) is 5.49. The van der Waals surface area contributed by atoms with Gasteiger partial charge in [0.25, 0.3) is 0 Å². The molecule has 0 saturated carbocycles. The van der Waals surface area contributed by atoms with Crippen LogP contribution in [-0.2, 0) is 10.3 Å². The van der Waals surface area contributed by atoms with Crippen LogP contribution in [0.25, 0.3) is 10.9 Å². The molecule has 4 atom stereocenters. The van der Waals surface area contributed by atoms with Crippen molar-refractivity contribution < 1.29 is 23.5 Å². The molecule has 6 N–H and O–H groups in total. The molecular formula is C31H30Cl2F2N4O3. The molecule has 0 bridgehead atoms. The molecule has 1 fully saturated rings. The van der Waals surface area contributed by atoms with Crippen LogP contribution in [0.5, 0.6) is 0 Å². The lowest BCUT2D eigenvalue weighted by Crippen LogP contribution is -2.52. The minimum atomic E-state index is -1.60. The lowest BCUT2D eigenvalue weighted by Gasteiger charge is -2.40. The van der Waals surface area contributed by atoms with E-state index in [4.69, 9.17) is 28.9 Å². The number of hydrogen-bond acceptors (Lipinski definition) is 4. The maximum atomic E-state index is 15.7. The first-order valence-corrected chi connectivity index (χ1v) is 14.1. The van der Waals surface area contributed by atoms with E-state index in [0.717, 1.165) is 6.07 Å². The minimum absolute atomic E-state index is 0.00496. The molecule has 42 heavy (non-hydrogen) atoms. The van der Waals surface area contributed by atoms with Crippen LogP contribution in [0, 0.1) is 17.0 Å². The van der Waals surface area contributed by atoms with Crippen molar-refractivity contribution >= 4 is 51.7 Å². The molecule has 1 amide bonds. The summed E-state index contributed by atoms with van der Waals surface area (Å²) >= 11 is 12.3. The Hall–Kier alpha value is -3.50. The van der Waals surface area contributed by atoms with Gasteiger partial charge in [0.1, 0.15) is 17.3 Å². The van der Waals surface area contributed by atoms with E-state index in [1.165, 1.54) is 30.3 Å². The van der Waals surface area contributed by atoms with Crippen molar-refractivity contribution in [3.8, 4) is 0 Å². The Morgan fingerprint density at radius 3 is 2.48 bits per heavy atom. The first-order chi connectivity index (χ1) is 19.7. The maximum absolute atomic E-state index is 15.7. The van der Waals surface area contributed by atoms with Crippen molar-refractivity contribution in [2.45, 2.75) is 50.7 Å². The summed E-state index contributed by atoms with van der Waals surface area (Å²) in [6.07, 6.45) is 0.418. The van der Waals surface area contributed by atoms with Gasteiger partial charge in [-0.25, -0.2) is 13.6 Å². The molecule has 4 aromatic rings. The number of halogens is 4. The molecule has 5 rings (SSSR count). The Balaban J connectivity index is 1.63. The Labute approximate surface area is 251 Å². The second-order valence-electron chi connectivity index (χ2n) is 11.9. The average molecular weight is 616 g/mol. The van der Waals surface area contributed by atoms with E-state index < -0.39 is 47.1 Å². The van der Waals surface area contributed by atoms with Gasteiger partial charge in [-0.15, -0.1) is 0 Å². The molecule has 2 heterocycles. The number of aromatic nitrogens is 1. The maximum Gasteiger partial charge on any atom is 0.352 e. The molecule has 1 aliphatic heterocycles. The number of carbonyl (C=O) groups excluding carboxylic acids is 1. The number of carbonyl (C=O) groups is 2. The molecule has 11 heteroatoms. The number of aromatic amines is 1. The van der Waals surface area contributed by atoms with E-state index in [1.807, 2.05) is 20.8 Å². The molecule has 0 radical (unpaired) electrons. The number of carboxylic acids is 1. The number of rotatable bonds is 6. The summed E-state index contributed by atoms with van der Waals surface area (Å²) < 4.78 is 31.4. The Kier molecular flexibility index (Phi) is 7.83. The molecule has 4 unspecified atom stereocenters. The largest absolute Gasteiger partial charge is 0.477 e. The minimum Gasteiger partial charge on any atom is -0.477 e. The smallest absolute Gasteiger partial charge is 0.352 e. The molecule has 0 spiro atoms. The van der Waals surface area contributed by atoms with Gasteiger partial charge in [0.15, 0.2) is 0 Å². The normalized spacial score (nSPS) is 22.4. The van der Waals surface area contributed by atoms with Crippen LogP contribution in [0.4, 0.5) is 14.5 Å². The van der Waals surface area contributed by atoms with Gasteiger partial charge in [0.05, 0.1) is 16.6 Å². The van der Waals surface area contributed by atoms with E-state index in [1.54, 1.807) is 24.3 Å². The molecule has 0 aliphatic carbocycles. The second kappa shape index (κ2) is 11.0. The summed E-state index contributed by atoms with van der Waals surface area (Å²) in [6, 6.07) is 13.2. The van der Waals surface area contributed by atoms with Gasteiger partial charge >= 0.3 is 5.97 Å². The second-order valence-corrected chi connectivity index (χ2v) is 12.8. The third-order valence-corrected chi connectivity index (χ3v) is 8.26. The highest BCUT2D eigenvalue weighted by atomic mass is 35.5. The number of aromatic carboxylic acids is 1. The predicted octanol–water partition coefficient (Wildman–Crippen LogP) is 6.80. The summed E-state index contributed by atoms with van der Waals surface area (Å²) in [4.78, 5) is 28.2. The predicted molar refractivity (Wildman–Crippen MR) is 160 cm³/mol. The van der Waals surface area contributed by atoms with Gasteiger partial charge in [-0.05, 0) is 59.9 Å². The lowest BCUT2D eigenvalue weighted by molar-refractivity contribution is -0.118. The number of H-pyrrole nitrogens is 1. The highest BCUT2D eigenvalue weighted by Gasteiger charge is 2.58. The molecule has 220 valence electrons. The highest BCUT2D eigenvalue weighted by molar-refractivity contribution is 6.31. The van der Waals surface area contributed by atoms with Crippen LogP contribution in [-0.4, -0.2) is 34.1 Å². The zero-order valence-electron chi connectivity index (χ0n) is 23.1. The van der Waals surface area contributed by atoms with Gasteiger partial charge in [-0.3, -0.25) is 4.79 Å². The highest BCUT2D eigenvalue weighted by Crippen LogP contribution is 2.50. The summed E-state index contributed by atoms with van der Waals surface area (Å²) in [6.45, 7) is 5.98. The Morgan fingerprint density at radius 2 is 1.81 bits per heavy atom. The van der Waals surface area contributed by atoms with E-state index in [2.05, 4.69) is 15.6 Å². The summed E-state index contributed by atoms with van der Waals surface area (Å²) in [7, 11) is 0. The monoisotopic (exact) mass is 614 g/mol. The number of anilines is 1. The molecule has 7 nitrogen and oxygen atoms in total. The summed E-state index contributed by atoms with van der Waals surface area (Å²) in [5.74, 6) is -4.16. The number of carboxylic acid groups (broad SMARTS) is 1. The fraction of sp³-hybridized carbons (Fsp3) is 0.290. The van der Waals surface area contributed by atoms with E-state index in [9.17, 15) is 14.7 Å². The van der Waals surface area contributed by atoms with Crippen molar-refractivity contribution in [3.63, 3.8) is 0 Å². The number of amides is 1. The van der Waals surface area contributed by atoms with Gasteiger partial charge in [0.2, 0.25) is 5.91 Å². The average Bonchev–Trinajstić information content (AvgIpc) is 3.44. The Bertz CT molecular complexity index is 1700. The summed E-state index contributed by atoms with van der Waals surface area (Å²) in [5.41, 5.74) is 6.42. The number of benzene rings is 3. The topological polar surface area (TPSA) is 120 Å². The first-order valence-electron chi connectivity index (χ1n) is 13.3. The SMILES string of the molecule is CC(C)(C)CC1NC(C(=O)Nc2ccc3[nH]c(C(=O)O)cc3c2)C(c2cccc(Cl)c2F)C1(N)c1ccc(Cl)cc1F. The standard InChI is InChI=1S/C31H30Cl2F2N4O3/c1-30(2,3)14-24-31(36,19-9-7-16(32)13-21(19)34)25(18-5-4-6-20(33)26(18)35)27(39-24)28(40)37-17-8-10-22-15(11-17)12-23(38-22)29(41)42/h4-13,24-25,27,38-39H,14,36H2,1-3H3,(H,37,40)(H,41,42). The number of fused-ring (bicyclic) bond motifs is 1. The van der Waals surface area contributed by atoms with E-state index >= 15 is 8.78 Å². The molecule has 1 aromatic heterocycles. The van der Waals surface area contributed by atoms with Gasteiger partial charge in [-0.2, -0.15) is 0 Å². The van der Waals surface area contributed by atoms with Crippen molar-refractivity contribution in [2.75, 3.05) is 5.32 Å². The number of hydrogen-bond donors (Lipinski definition) is 5. The fourth-order valence-corrected chi connectivity index (χ4v) is 6.29. The third-order valence-electron chi connectivity index (χ3n) is 7.74. The van der Waals surface area contributed by atoms with Crippen LogP contribution in [0.1, 0.15) is 54.7 Å². The van der Waals surface area contributed by atoms with E-state index in [-0.39, 0.29) is 32.3 Å². The van der Waals surface area contributed by atoms with Crippen LogP contribution in [0.3, 0.4) is 0 Å². The van der Waals surface area contributed by atoms with Gasteiger partial charge in [-0.1, -0.05) is 62.2 Å². The van der Waals surface area contributed by atoms with Crippen molar-refractivity contribution in [1.82, 2.24) is 10.3 Å². The Morgan fingerprint density at radius 1 is 1.07 bits per heavy atom. The van der Waals surface area contributed by atoms with Gasteiger partial charge in [0, 0.05) is 39.1 Å². The van der Waals surface area contributed by atoms with Crippen molar-refractivity contribution in [1.29, 1.82) is 0 Å². The zero-order chi connectivity index (χ0) is 30.6. The quantitative estimate of drug-likeness (QED) is 0.163. The first kappa shape index (κ1) is 30.0. The molecular weight excluding hydrogens is 585 g/mol. The van der Waals surface area contributed by atoms with Gasteiger partial charge < -0.3 is 26.5 Å². The van der Waals surface area contributed by atoms with Crippen LogP contribution in [0.15, 0.2) is 60.7 Å². The molecule has 3 aromatic carbocycles. The van der Waals surface area contributed by atoms with Crippen LogP contribution < -0.4 is 16.4 Å². The fourth-order valence-electron chi connectivity index (χ4n) is 5.95. The van der Waals surface area contributed by atoms with Crippen molar-refractivity contribution in [2.24, 2.45) is 11.1 Å². The van der Waals surface area contributed by atoms with Crippen molar-refractivity contribution in [3.05, 3.63) is 99.2 Å². The van der Waals surface area contributed by atoms with Crippen LogP contribution >= 0.6 is 23.2 Å². The van der Waals surface area contributed by atoms with Crippen LogP contribution in [0.2, 0.25) is 10.0 Å².